The summed E-state index contributed by atoms with van der Waals surface area (Å²) in [5, 5.41) is 0. The van der Waals surface area contributed by atoms with Crippen LogP contribution in [0.25, 0.3) is 0 Å². The second kappa shape index (κ2) is 6.30. The largest absolute Gasteiger partial charge is 0.416 e. The third kappa shape index (κ3) is 2.42. The molecule has 156 valence electrons. The van der Waals surface area contributed by atoms with Gasteiger partial charge in [0.1, 0.15) is 0 Å². The predicted octanol–water partition coefficient (Wildman–Crippen LogP) is 5.20. The summed E-state index contributed by atoms with van der Waals surface area (Å²) in [6.45, 7) is 1.74. The lowest BCUT2D eigenvalue weighted by atomic mass is 9.79. The van der Waals surface area contributed by atoms with Gasteiger partial charge in [0.15, 0.2) is 0 Å². The van der Waals surface area contributed by atoms with Gasteiger partial charge in [0, 0.05) is 5.41 Å². The topological polar surface area (TPSA) is 37.4 Å². The molecular weight excluding hydrogens is 403 g/mol. The monoisotopic (exact) mass is 421 g/mol. The fourth-order valence-electron chi connectivity index (χ4n) is 5.37. The number of benzene rings is 3. The Morgan fingerprint density at radius 3 is 1.81 bits per heavy atom. The highest BCUT2D eigenvalue weighted by atomic mass is 19.4. The number of anilines is 1. The molecule has 2 fully saturated rings. The number of nitrogens with zero attached hydrogens (tertiary/aromatic N) is 1. The molecule has 3 aromatic rings. The molecule has 0 N–H and O–H groups in total. The number of carbonyl (C=O) groups excluding carboxylic acids is 2. The maximum atomic E-state index is 13.6. The fraction of sp³-hybridized carbons (Fsp3) is 0.200. The number of rotatable bonds is 3. The van der Waals surface area contributed by atoms with E-state index in [1.54, 1.807) is 6.92 Å². The van der Waals surface area contributed by atoms with Crippen molar-refractivity contribution in [3.8, 4) is 0 Å². The SMILES string of the molecule is CC12C(=O)N(c3cccc(C(F)(F)F)c3)C(=O)C1C2(c1ccccc1)c1ccccc1. The number of carbonyl (C=O) groups is 2. The number of imide groups is 1. The Hall–Kier alpha value is -3.41. The van der Waals surface area contributed by atoms with Crippen molar-refractivity contribution in [3.63, 3.8) is 0 Å². The molecule has 1 saturated carbocycles. The Labute approximate surface area is 177 Å². The van der Waals surface area contributed by atoms with Gasteiger partial charge in [-0.3, -0.25) is 9.59 Å². The lowest BCUT2D eigenvalue weighted by molar-refractivity contribution is -0.137. The summed E-state index contributed by atoms with van der Waals surface area (Å²) < 4.78 is 39.6. The number of hydrogen-bond donors (Lipinski definition) is 0. The van der Waals surface area contributed by atoms with E-state index in [9.17, 15) is 22.8 Å². The van der Waals surface area contributed by atoms with Crippen molar-refractivity contribution < 1.29 is 22.8 Å². The van der Waals surface area contributed by atoms with Gasteiger partial charge in [0.05, 0.1) is 22.6 Å². The van der Waals surface area contributed by atoms with E-state index in [0.29, 0.717) is 0 Å². The van der Waals surface area contributed by atoms with Crippen LogP contribution >= 0.6 is 0 Å². The molecule has 31 heavy (non-hydrogen) atoms. The summed E-state index contributed by atoms with van der Waals surface area (Å²) >= 11 is 0. The maximum absolute atomic E-state index is 13.6. The quantitative estimate of drug-likeness (QED) is 0.545. The van der Waals surface area contributed by atoms with Gasteiger partial charge in [0.2, 0.25) is 11.8 Å². The minimum Gasteiger partial charge on any atom is -0.274 e. The van der Waals surface area contributed by atoms with Gasteiger partial charge in [-0.1, -0.05) is 66.7 Å². The summed E-state index contributed by atoms with van der Waals surface area (Å²) in [5.74, 6) is -1.64. The first-order valence-corrected chi connectivity index (χ1v) is 9.90. The number of hydrogen-bond acceptors (Lipinski definition) is 2. The van der Waals surface area contributed by atoms with Crippen LogP contribution in [0.4, 0.5) is 18.9 Å². The van der Waals surface area contributed by atoms with Crippen LogP contribution in [0.15, 0.2) is 84.9 Å². The van der Waals surface area contributed by atoms with Gasteiger partial charge in [-0.05, 0) is 36.2 Å². The molecule has 3 aromatic carbocycles. The third-order valence-electron chi connectivity index (χ3n) is 6.75. The number of piperidine rings is 1. The molecular formula is C25H18F3NO2. The summed E-state index contributed by atoms with van der Waals surface area (Å²) in [7, 11) is 0. The predicted molar refractivity (Wildman–Crippen MR) is 109 cm³/mol. The van der Waals surface area contributed by atoms with E-state index < -0.39 is 40.3 Å². The standard InChI is InChI=1S/C25H18F3NO2/c1-23-20(24(23,16-9-4-2-5-10-16)17-11-6-3-7-12-17)21(30)29(22(23)31)19-14-8-13-18(15-19)25(26,27)28/h2-15,20H,1H3. The minimum atomic E-state index is -4.56. The number of halogens is 3. The molecule has 2 unspecified atom stereocenters. The Kier molecular flexibility index (Phi) is 3.97. The average molecular weight is 421 g/mol. The number of amides is 2. The molecule has 0 spiro atoms. The van der Waals surface area contributed by atoms with Crippen molar-refractivity contribution in [3.05, 3.63) is 102 Å². The van der Waals surface area contributed by atoms with Crippen LogP contribution in [0.5, 0.6) is 0 Å². The fourth-order valence-corrected chi connectivity index (χ4v) is 5.37. The Morgan fingerprint density at radius 2 is 1.35 bits per heavy atom. The van der Waals surface area contributed by atoms with Gasteiger partial charge < -0.3 is 0 Å². The van der Waals surface area contributed by atoms with Crippen molar-refractivity contribution in [2.24, 2.45) is 11.3 Å². The van der Waals surface area contributed by atoms with Crippen molar-refractivity contribution >= 4 is 17.5 Å². The third-order valence-corrected chi connectivity index (χ3v) is 6.75. The van der Waals surface area contributed by atoms with Crippen LogP contribution in [0.1, 0.15) is 23.6 Å². The zero-order valence-electron chi connectivity index (χ0n) is 16.6. The molecule has 2 atom stereocenters. The molecule has 5 rings (SSSR count). The van der Waals surface area contributed by atoms with Gasteiger partial charge in [0.25, 0.3) is 0 Å². The van der Waals surface area contributed by atoms with Crippen molar-refractivity contribution in [1.82, 2.24) is 0 Å². The minimum absolute atomic E-state index is 0.0479. The highest BCUT2D eigenvalue weighted by Crippen LogP contribution is 2.76. The Balaban J connectivity index is 1.64. The molecule has 0 bridgehead atoms. The highest BCUT2D eigenvalue weighted by Gasteiger charge is 2.86. The van der Waals surface area contributed by atoms with E-state index in [1.165, 1.54) is 12.1 Å². The van der Waals surface area contributed by atoms with Crippen LogP contribution in [0.2, 0.25) is 0 Å². The number of alkyl halides is 3. The zero-order valence-corrected chi connectivity index (χ0v) is 16.6. The summed E-state index contributed by atoms with van der Waals surface area (Å²) in [6, 6.07) is 23.1. The summed E-state index contributed by atoms with van der Waals surface area (Å²) in [6.07, 6.45) is -4.56. The van der Waals surface area contributed by atoms with Gasteiger partial charge in [-0.15, -0.1) is 0 Å². The summed E-state index contributed by atoms with van der Waals surface area (Å²) in [4.78, 5) is 28.1. The molecule has 3 nitrogen and oxygen atoms in total. The van der Waals surface area contributed by atoms with Crippen LogP contribution in [-0.2, 0) is 21.2 Å². The molecule has 6 heteroatoms. The summed E-state index contributed by atoms with van der Waals surface area (Å²) in [5.41, 5.74) is -1.18. The van der Waals surface area contributed by atoms with Crippen molar-refractivity contribution in [1.29, 1.82) is 0 Å². The van der Waals surface area contributed by atoms with E-state index in [4.69, 9.17) is 0 Å². The van der Waals surface area contributed by atoms with Crippen LogP contribution < -0.4 is 4.90 Å². The molecule has 2 aliphatic rings. The van der Waals surface area contributed by atoms with Crippen molar-refractivity contribution in [2.45, 2.75) is 18.5 Å². The van der Waals surface area contributed by atoms with E-state index in [0.717, 1.165) is 28.2 Å². The molecule has 0 aromatic heterocycles. The van der Waals surface area contributed by atoms with E-state index in [2.05, 4.69) is 0 Å². The van der Waals surface area contributed by atoms with Crippen LogP contribution in [0.3, 0.4) is 0 Å². The van der Waals surface area contributed by atoms with Crippen LogP contribution in [-0.4, -0.2) is 11.8 Å². The number of fused-ring (bicyclic) bond motifs is 1. The van der Waals surface area contributed by atoms with Gasteiger partial charge in [-0.25, -0.2) is 4.90 Å². The normalized spacial score (nSPS) is 24.3. The highest BCUT2D eigenvalue weighted by molar-refractivity contribution is 6.29. The maximum Gasteiger partial charge on any atom is 0.416 e. The molecule has 1 saturated heterocycles. The first-order valence-electron chi connectivity index (χ1n) is 9.90. The van der Waals surface area contributed by atoms with Gasteiger partial charge >= 0.3 is 6.18 Å². The van der Waals surface area contributed by atoms with Crippen LogP contribution in [0, 0.1) is 11.3 Å². The molecule has 1 heterocycles. The molecule has 1 aliphatic heterocycles. The first-order chi connectivity index (χ1) is 14.7. The zero-order chi connectivity index (χ0) is 22.0. The van der Waals surface area contributed by atoms with Gasteiger partial charge in [-0.2, -0.15) is 13.2 Å². The van der Waals surface area contributed by atoms with E-state index in [-0.39, 0.29) is 5.69 Å². The first kappa shape index (κ1) is 19.5. The molecule has 2 amide bonds. The second-order valence-electron chi connectivity index (χ2n) is 8.20. The van der Waals surface area contributed by atoms with E-state index in [1.807, 2.05) is 60.7 Å². The van der Waals surface area contributed by atoms with E-state index >= 15 is 0 Å². The average Bonchev–Trinajstić information content (AvgIpc) is 3.29. The lowest BCUT2D eigenvalue weighted by Crippen LogP contribution is -2.42. The molecule has 1 aliphatic carbocycles. The molecule has 0 radical (unpaired) electrons. The lowest BCUT2D eigenvalue weighted by Gasteiger charge is -2.29. The Morgan fingerprint density at radius 1 is 0.806 bits per heavy atom. The van der Waals surface area contributed by atoms with Crippen molar-refractivity contribution in [2.75, 3.05) is 4.90 Å². The second-order valence-corrected chi connectivity index (χ2v) is 8.20. The smallest absolute Gasteiger partial charge is 0.274 e. The Bertz CT molecular complexity index is 1150.